The van der Waals surface area contributed by atoms with Gasteiger partial charge in [0.1, 0.15) is 0 Å². The zero-order valence-corrected chi connectivity index (χ0v) is 34.2. The molecule has 1 aliphatic carbocycles. The van der Waals surface area contributed by atoms with E-state index in [4.69, 9.17) is 0 Å². The number of aromatic nitrogens is 1. The van der Waals surface area contributed by atoms with Crippen LogP contribution in [-0.4, -0.2) is 4.57 Å². The lowest BCUT2D eigenvalue weighted by Crippen LogP contribution is -2.17. The summed E-state index contributed by atoms with van der Waals surface area (Å²) in [7, 11) is 0. The molecule has 1 aliphatic rings. The van der Waals surface area contributed by atoms with Gasteiger partial charge < -0.3 is 9.47 Å². The minimum absolute atomic E-state index is 0.181. The van der Waals surface area contributed by atoms with Crippen LogP contribution in [0.4, 0.5) is 17.1 Å². The van der Waals surface area contributed by atoms with Crippen molar-refractivity contribution in [1.82, 2.24) is 4.57 Å². The van der Waals surface area contributed by atoms with Gasteiger partial charge in [-0.1, -0.05) is 190 Å². The molecule has 0 amide bonds. The Morgan fingerprint density at radius 3 is 1.74 bits per heavy atom. The number of benzene rings is 10. The molecule has 1 aromatic heterocycles. The minimum atomic E-state index is -0.181. The fraction of sp³-hybridized carbons (Fsp3) is 0.0508. The summed E-state index contributed by atoms with van der Waals surface area (Å²) in [5, 5.41) is 7.52. The number of hydrogen-bond donors (Lipinski definition) is 0. The van der Waals surface area contributed by atoms with Crippen molar-refractivity contribution in [3.05, 3.63) is 230 Å². The van der Waals surface area contributed by atoms with Gasteiger partial charge in [-0.15, -0.1) is 0 Å². The maximum absolute atomic E-state index is 2.51. The number of nitrogens with zero attached hydrogens (tertiary/aromatic N) is 2. The highest BCUT2D eigenvalue weighted by Gasteiger charge is 2.38. The van der Waals surface area contributed by atoms with Crippen LogP contribution >= 0.6 is 0 Å². The van der Waals surface area contributed by atoms with Crippen LogP contribution in [0, 0.1) is 0 Å². The third kappa shape index (κ3) is 5.35. The largest absolute Gasteiger partial charge is 0.308 e. The smallest absolute Gasteiger partial charge is 0.0702 e. The summed E-state index contributed by atoms with van der Waals surface area (Å²) >= 11 is 0. The molecule has 0 aliphatic heterocycles. The molecule has 2 nitrogen and oxygen atoms in total. The average Bonchev–Trinajstić information content (AvgIpc) is 3.78. The van der Waals surface area contributed by atoms with E-state index in [0.29, 0.717) is 0 Å². The number of rotatable bonds is 6. The molecule has 0 radical (unpaired) electrons. The summed E-state index contributed by atoms with van der Waals surface area (Å²) < 4.78 is 2.45. The van der Waals surface area contributed by atoms with Crippen LogP contribution in [-0.2, 0) is 5.41 Å². The molecule has 10 aromatic carbocycles. The maximum atomic E-state index is 2.51. The van der Waals surface area contributed by atoms with E-state index in [-0.39, 0.29) is 5.41 Å². The Hall–Kier alpha value is -7.68. The van der Waals surface area contributed by atoms with Crippen molar-refractivity contribution in [2.45, 2.75) is 19.3 Å². The molecule has 0 saturated heterocycles. The van der Waals surface area contributed by atoms with Gasteiger partial charge in [-0.3, -0.25) is 0 Å². The zero-order chi connectivity index (χ0) is 40.7. The Labute approximate surface area is 356 Å². The molecular weight excluding hydrogens is 737 g/mol. The van der Waals surface area contributed by atoms with E-state index in [1.807, 2.05) is 0 Å². The number of para-hydroxylation sites is 5. The Bertz CT molecular complexity index is 3480. The first-order valence-corrected chi connectivity index (χ1v) is 21.3. The van der Waals surface area contributed by atoms with Crippen LogP contribution in [0.5, 0.6) is 0 Å². The van der Waals surface area contributed by atoms with Gasteiger partial charge in [0.2, 0.25) is 0 Å². The van der Waals surface area contributed by atoms with Crippen LogP contribution in [0.1, 0.15) is 25.0 Å². The maximum Gasteiger partial charge on any atom is 0.0702 e. The summed E-state index contributed by atoms with van der Waals surface area (Å²) in [6.45, 7) is 4.77. The van der Waals surface area contributed by atoms with E-state index in [9.17, 15) is 0 Å². The Balaban J connectivity index is 1.13. The third-order valence-corrected chi connectivity index (χ3v) is 13.2. The molecule has 12 rings (SSSR count). The SMILES string of the molecule is CC1(C)c2ccccc2-c2cccc(-c3ccccc3N(c3cccc(-c4cccc5c4ccc4ccccc45)c3)c3ccccc3-n3c4ccccc4c4ccccc43)c21. The van der Waals surface area contributed by atoms with Crippen LogP contribution in [0.2, 0.25) is 0 Å². The number of anilines is 3. The lowest BCUT2D eigenvalue weighted by atomic mass is 9.78. The molecule has 288 valence electrons. The molecule has 2 heteroatoms. The summed E-state index contributed by atoms with van der Waals surface area (Å²) in [4.78, 5) is 2.51. The van der Waals surface area contributed by atoms with Crippen molar-refractivity contribution in [2.24, 2.45) is 0 Å². The van der Waals surface area contributed by atoms with Gasteiger partial charge in [0, 0.05) is 27.4 Å². The molecule has 1 heterocycles. The lowest BCUT2D eigenvalue weighted by molar-refractivity contribution is 0.662. The lowest BCUT2D eigenvalue weighted by Gasteiger charge is -2.32. The van der Waals surface area contributed by atoms with Crippen LogP contribution in [0.15, 0.2) is 218 Å². The van der Waals surface area contributed by atoms with Crippen molar-refractivity contribution < 1.29 is 0 Å². The zero-order valence-electron chi connectivity index (χ0n) is 34.2. The van der Waals surface area contributed by atoms with E-state index in [2.05, 4.69) is 242 Å². The Kier molecular flexibility index (Phi) is 7.92. The number of hydrogen-bond acceptors (Lipinski definition) is 1. The first kappa shape index (κ1) is 35.3. The fourth-order valence-corrected chi connectivity index (χ4v) is 10.5. The second-order valence-electron chi connectivity index (χ2n) is 16.8. The molecule has 11 aromatic rings. The predicted octanol–water partition coefficient (Wildman–Crippen LogP) is 16.2. The molecule has 0 spiro atoms. The summed E-state index contributed by atoms with van der Waals surface area (Å²) in [5.41, 5.74) is 16.8. The highest BCUT2D eigenvalue weighted by atomic mass is 15.2. The first-order chi connectivity index (χ1) is 30.1. The van der Waals surface area contributed by atoms with E-state index in [0.717, 1.165) is 22.7 Å². The molecule has 0 N–H and O–H groups in total. The van der Waals surface area contributed by atoms with Crippen molar-refractivity contribution in [1.29, 1.82) is 0 Å². The van der Waals surface area contributed by atoms with Gasteiger partial charge >= 0.3 is 0 Å². The van der Waals surface area contributed by atoms with E-state index in [1.54, 1.807) is 0 Å². The van der Waals surface area contributed by atoms with Crippen LogP contribution < -0.4 is 4.90 Å². The fourth-order valence-electron chi connectivity index (χ4n) is 10.5. The second-order valence-corrected chi connectivity index (χ2v) is 16.8. The molecule has 0 fully saturated rings. The van der Waals surface area contributed by atoms with E-state index < -0.39 is 0 Å². The van der Waals surface area contributed by atoms with Gasteiger partial charge in [0.15, 0.2) is 0 Å². The molecule has 0 saturated carbocycles. The molecule has 61 heavy (non-hydrogen) atoms. The van der Waals surface area contributed by atoms with Gasteiger partial charge in [0.25, 0.3) is 0 Å². The van der Waals surface area contributed by atoms with Gasteiger partial charge in [-0.05, 0) is 103 Å². The van der Waals surface area contributed by atoms with Crippen molar-refractivity contribution in [3.8, 4) is 39.1 Å². The second kappa shape index (κ2) is 13.7. The van der Waals surface area contributed by atoms with Crippen molar-refractivity contribution in [2.75, 3.05) is 4.90 Å². The first-order valence-electron chi connectivity index (χ1n) is 21.3. The topological polar surface area (TPSA) is 8.17 Å². The molecule has 0 bridgehead atoms. The van der Waals surface area contributed by atoms with Crippen LogP contribution in [0.3, 0.4) is 0 Å². The van der Waals surface area contributed by atoms with Crippen molar-refractivity contribution >= 4 is 60.4 Å². The standard InChI is InChI=1S/C59H42N2/c1-59(2)52-30-9-5-22-46(52)50-28-17-29-51(58(50)59)49-25-8-10-31-53(49)60(56-34-13-14-35-57(56)61-54-32-11-6-23-47(54)48-24-7-12-33-55(48)61)41-20-15-19-40(38-41)43-26-16-27-44-42-21-4-3-18-39(42)36-37-45(43)44/h3-38H,1-2H3. The normalized spacial score (nSPS) is 12.9. The minimum Gasteiger partial charge on any atom is -0.308 e. The van der Waals surface area contributed by atoms with Gasteiger partial charge in [0.05, 0.1) is 28.1 Å². The summed E-state index contributed by atoms with van der Waals surface area (Å²) in [5.74, 6) is 0. The van der Waals surface area contributed by atoms with Gasteiger partial charge in [-0.2, -0.15) is 0 Å². The third-order valence-electron chi connectivity index (χ3n) is 13.2. The molecular formula is C59H42N2. The molecule has 0 atom stereocenters. The quantitative estimate of drug-likeness (QED) is 0.153. The molecule has 0 unspecified atom stereocenters. The number of fused-ring (bicyclic) bond motifs is 9. The van der Waals surface area contributed by atoms with E-state index in [1.165, 1.54) is 87.9 Å². The van der Waals surface area contributed by atoms with Crippen molar-refractivity contribution in [3.63, 3.8) is 0 Å². The van der Waals surface area contributed by atoms with E-state index >= 15 is 0 Å². The summed E-state index contributed by atoms with van der Waals surface area (Å²) in [6, 6.07) is 80.5. The highest BCUT2D eigenvalue weighted by Crippen LogP contribution is 2.54. The monoisotopic (exact) mass is 778 g/mol. The average molecular weight is 779 g/mol. The highest BCUT2D eigenvalue weighted by molar-refractivity contribution is 6.13. The van der Waals surface area contributed by atoms with Crippen LogP contribution in [0.25, 0.3) is 82.4 Å². The Morgan fingerprint density at radius 2 is 0.934 bits per heavy atom. The predicted molar refractivity (Wildman–Crippen MR) is 259 cm³/mol. The van der Waals surface area contributed by atoms with Gasteiger partial charge in [-0.25, -0.2) is 0 Å². The Morgan fingerprint density at radius 1 is 0.377 bits per heavy atom. The summed E-state index contributed by atoms with van der Waals surface area (Å²) in [6.07, 6.45) is 0.